The zero-order chi connectivity index (χ0) is 12.1. The first-order valence-corrected chi connectivity index (χ1v) is 6.19. The van der Waals surface area contributed by atoms with Crippen molar-refractivity contribution in [2.75, 3.05) is 0 Å². The van der Waals surface area contributed by atoms with Crippen LogP contribution in [0.15, 0.2) is 41.8 Å². The molecule has 2 aromatic rings. The Balaban J connectivity index is 1.83. The van der Waals surface area contributed by atoms with Gasteiger partial charge in [-0.15, -0.1) is 11.3 Å². The summed E-state index contributed by atoms with van der Waals surface area (Å²) in [5.41, 5.74) is 1.51. The molecule has 0 atom stereocenters. The van der Waals surface area contributed by atoms with Gasteiger partial charge in [0.25, 0.3) is 0 Å². The van der Waals surface area contributed by atoms with Gasteiger partial charge in [0.05, 0.1) is 13.2 Å². The zero-order valence-corrected chi connectivity index (χ0v) is 10.1. The van der Waals surface area contributed by atoms with Gasteiger partial charge in [0, 0.05) is 4.88 Å². The number of rotatable bonds is 5. The maximum atomic E-state index is 8.94. The molecule has 0 aliphatic carbocycles. The van der Waals surface area contributed by atoms with Crippen LogP contribution in [0.5, 0.6) is 0 Å². The van der Waals surface area contributed by atoms with E-state index in [0.717, 1.165) is 5.56 Å². The van der Waals surface area contributed by atoms with Crippen molar-refractivity contribution in [1.29, 1.82) is 0 Å². The number of hydrogen-bond donors (Lipinski definition) is 2. The fraction of sp³-hybridized carbons (Fsp3) is 0.167. The quantitative estimate of drug-likeness (QED) is 0.780. The largest absolute Gasteiger partial charge is 0.488 e. The lowest BCUT2D eigenvalue weighted by Crippen LogP contribution is -2.29. The molecule has 0 unspecified atom stereocenters. The number of hydrogen-bond acceptors (Lipinski definition) is 4. The zero-order valence-electron chi connectivity index (χ0n) is 9.24. The molecule has 1 heterocycles. The van der Waals surface area contributed by atoms with Gasteiger partial charge in [0.15, 0.2) is 0 Å². The maximum absolute atomic E-state index is 8.94. The summed E-state index contributed by atoms with van der Waals surface area (Å²) < 4.78 is 5.55. The molecular formula is C12H13BO3S. The first-order valence-electron chi connectivity index (χ1n) is 5.31. The first-order chi connectivity index (χ1) is 8.25. The Labute approximate surface area is 104 Å². The van der Waals surface area contributed by atoms with E-state index in [9.17, 15) is 0 Å². The van der Waals surface area contributed by atoms with Crippen molar-refractivity contribution in [2.45, 2.75) is 13.2 Å². The van der Waals surface area contributed by atoms with E-state index in [2.05, 4.69) is 0 Å². The highest BCUT2D eigenvalue weighted by atomic mass is 32.1. The Morgan fingerprint density at radius 2 is 1.82 bits per heavy atom. The van der Waals surface area contributed by atoms with Gasteiger partial charge in [-0.3, -0.25) is 0 Å². The average Bonchev–Trinajstić information content (AvgIpc) is 2.83. The third-order valence-electron chi connectivity index (χ3n) is 2.37. The van der Waals surface area contributed by atoms with E-state index < -0.39 is 7.12 Å². The fourth-order valence-corrected chi connectivity index (χ4v) is 2.09. The number of thiophene rings is 1. The van der Waals surface area contributed by atoms with E-state index in [1.165, 1.54) is 4.88 Å². The normalized spacial score (nSPS) is 10.5. The monoisotopic (exact) mass is 248 g/mol. The van der Waals surface area contributed by atoms with Gasteiger partial charge >= 0.3 is 7.12 Å². The van der Waals surface area contributed by atoms with Gasteiger partial charge in [-0.2, -0.15) is 0 Å². The van der Waals surface area contributed by atoms with Crippen molar-refractivity contribution in [1.82, 2.24) is 0 Å². The minimum atomic E-state index is -1.41. The van der Waals surface area contributed by atoms with E-state index in [-0.39, 0.29) is 0 Å². The molecular weight excluding hydrogens is 235 g/mol. The van der Waals surface area contributed by atoms with Gasteiger partial charge < -0.3 is 14.8 Å². The summed E-state index contributed by atoms with van der Waals surface area (Å²) in [5, 5.41) is 19.9. The van der Waals surface area contributed by atoms with Crippen molar-refractivity contribution < 1.29 is 14.8 Å². The Kier molecular flexibility index (Phi) is 4.33. The van der Waals surface area contributed by atoms with Gasteiger partial charge in [-0.05, 0) is 22.5 Å². The molecule has 0 fully saturated rings. The van der Waals surface area contributed by atoms with Gasteiger partial charge in [0.1, 0.15) is 0 Å². The second kappa shape index (κ2) is 5.98. The van der Waals surface area contributed by atoms with Crippen LogP contribution in [0.1, 0.15) is 10.4 Å². The fourth-order valence-electron chi connectivity index (χ4n) is 1.45. The Hall–Kier alpha value is -1.14. The van der Waals surface area contributed by atoms with Gasteiger partial charge in [-0.25, -0.2) is 0 Å². The summed E-state index contributed by atoms with van der Waals surface area (Å²) in [5.74, 6) is 0. The number of benzene rings is 1. The standard InChI is InChI=1S/C12H13BO3S/c14-13(15)11-5-3-10(4-6-11)8-16-9-12-2-1-7-17-12/h1-7,14-15H,8-9H2. The second-order valence-electron chi connectivity index (χ2n) is 3.69. The van der Waals surface area contributed by atoms with Crippen LogP contribution in [0.3, 0.4) is 0 Å². The average molecular weight is 248 g/mol. The maximum Gasteiger partial charge on any atom is 0.488 e. The topological polar surface area (TPSA) is 49.7 Å². The first kappa shape index (κ1) is 12.3. The molecule has 3 nitrogen and oxygen atoms in total. The highest BCUT2D eigenvalue weighted by Gasteiger charge is 2.09. The lowest BCUT2D eigenvalue weighted by atomic mass is 9.80. The number of ether oxygens (including phenoxy) is 1. The van der Waals surface area contributed by atoms with Crippen molar-refractivity contribution in [3.63, 3.8) is 0 Å². The van der Waals surface area contributed by atoms with Crippen LogP contribution >= 0.6 is 11.3 Å². The molecule has 88 valence electrons. The molecule has 0 radical (unpaired) electrons. The van der Waals surface area contributed by atoms with Crippen molar-refractivity contribution in [2.24, 2.45) is 0 Å². The Morgan fingerprint density at radius 3 is 2.41 bits per heavy atom. The molecule has 0 aliphatic rings. The molecule has 1 aromatic heterocycles. The SMILES string of the molecule is OB(O)c1ccc(COCc2cccs2)cc1. The predicted octanol–water partition coefficient (Wildman–Crippen LogP) is 1.14. The minimum Gasteiger partial charge on any atom is -0.423 e. The molecule has 2 rings (SSSR count). The summed E-state index contributed by atoms with van der Waals surface area (Å²) in [6, 6.07) is 11.1. The minimum absolute atomic E-state index is 0.493. The molecule has 17 heavy (non-hydrogen) atoms. The molecule has 0 saturated carbocycles. The molecule has 1 aromatic carbocycles. The highest BCUT2D eigenvalue weighted by Crippen LogP contribution is 2.11. The smallest absolute Gasteiger partial charge is 0.423 e. The van der Waals surface area contributed by atoms with Crippen LogP contribution in [-0.2, 0) is 18.0 Å². The second-order valence-corrected chi connectivity index (χ2v) is 4.72. The van der Waals surface area contributed by atoms with Crippen LogP contribution in [0, 0.1) is 0 Å². The molecule has 0 spiro atoms. The van der Waals surface area contributed by atoms with E-state index in [4.69, 9.17) is 14.8 Å². The molecule has 5 heteroatoms. The van der Waals surface area contributed by atoms with Crippen molar-refractivity contribution in [3.05, 3.63) is 52.2 Å². The van der Waals surface area contributed by atoms with E-state index in [1.807, 2.05) is 29.6 Å². The van der Waals surface area contributed by atoms with Crippen LogP contribution in [0.25, 0.3) is 0 Å². The van der Waals surface area contributed by atoms with Gasteiger partial charge in [0.2, 0.25) is 0 Å². The van der Waals surface area contributed by atoms with Crippen LogP contribution < -0.4 is 5.46 Å². The lowest BCUT2D eigenvalue weighted by molar-refractivity contribution is 0.109. The summed E-state index contributed by atoms with van der Waals surface area (Å²) in [6.45, 7) is 1.14. The third-order valence-corrected chi connectivity index (χ3v) is 3.22. The highest BCUT2D eigenvalue weighted by molar-refractivity contribution is 7.09. The predicted molar refractivity (Wildman–Crippen MR) is 69.1 cm³/mol. The van der Waals surface area contributed by atoms with Crippen LogP contribution in [-0.4, -0.2) is 17.2 Å². The molecule has 0 aliphatic heterocycles. The lowest BCUT2D eigenvalue weighted by Gasteiger charge is -2.04. The van der Waals surface area contributed by atoms with Gasteiger partial charge in [-0.1, -0.05) is 30.3 Å². The molecule has 0 saturated heterocycles. The Morgan fingerprint density at radius 1 is 1.06 bits per heavy atom. The van der Waals surface area contributed by atoms with Crippen LogP contribution in [0.2, 0.25) is 0 Å². The summed E-state index contributed by atoms with van der Waals surface area (Å²) in [4.78, 5) is 1.20. The summed E-state index contributed by atoms with van der Waals surface area (Å²) in [7, 11) is -1.41. The molecule has 0 bridgehead atoms. The molecule has 0 amide bonds. The van der Waals surface area contributed by atoms with E-state index >= 15 is 0 Å². The van der Waals surface area contributed by atoms with Crippen molar-refractivity contribution >= 4 is 23.9 Å². The third kappa shape index (κ3) is 3.68. The summed E-state index contributed by atoms with van der Waals surface area (Å²) >= 11 is 1.67. The molecule has 2 N–H and O–H groups in total. The van der Waals surface area contributed by atoms with Crippen molar-refractivity contribution in [3.8, 4) is 0 Å². The summed E-state index contributed by atoms with van der Waals surface area (Å²) in [6.07, 6.45) is 0. The van der Waals surface area contributed by atoms with E-state index in [1.54, 1.807) is 23.5 Å². The Bertz CT molecular complexity index is 439. The van der Waals surface area contributed by atoms with Crippen LogP contribution in [0.4, 0.5) is 0 Å². The van der Waals surface area contributed by atoms with E-state index in [0.29, 0.717) is 18.7 Å².